The number of carboxylic acid groups (broad SMARTS) is 1. The van der Waals surface area contributed by atoms with Gasteiger partial charge in [0.2, 0.25) is 0 Å². The molecule has 0 aliphatic rings. The summed E-state index contributed by atoms with van der Waals surface area (Å²) in [6.45, 7) is 2.14. The molecule has 21 heavy (non-hydrogen) atoms. The highest BCUT2D eigenvalue weighted by atomic mass is 16.4. The first-order chi connectivity index (χ1) is 10.1. The second-order valence-corrected chi connectivity index (χ2v) is 5.01. The molecular weight excluding hydrogens is 268 g/mol. The zero-order valence-corrected chi connectivity index (χ0v) is 12.8. The monoisotopic (exact) mass is 296 g/mol. The molecule has 0 rings (SSSR count). The predicted octanol–water partition coefficient (Wildman–Crippen LogP) is 3.21. The van der Waals surface area contributed by atoms with Crippen molar-refractivity contribution >= 4 is 5.97 Å². The van der Waals surface area contributed by atoms with Gasteiger partial charge in [-0.15, -0.1) is 0 Å². The number of aliphatic hydroxyl groups excluding tert-OH is 2. The number of carbonyl (C=O) groups is 1. The van der Waals surface area contributed by atoms with Crippen LogP contribution in [0.25, 0.3) is 0 Å². The van der Waals surface area contributed by atoms with Gasteiger partial charge in [0.1, 0.15) is 0 Å². The fourth-order valence-electron chi connectivity index (χ4n) is 1.72. The second kappa shape index (κ2) is 13.6. The van der Waals surface area contributed by atoms with E-state index < -0.39 is 12.1 Å². The SMILES string of the molecule is CCCCC[C@H](O)C=CC=CCC=CCCC(O)C(=O)O. The van der Waals surface area contributed by atoms with E-state index in [0.717, 1.165) is 32.1 Å². The maximum Gasteiger partial charge on any atom is 0.332 e. The van der Waals surface area contributed by atoms with Crippen molar-refractivity contribution in [1.82, 2.24) is 0 Å². The smallest absolute Gasteiger partial charge is 0.332 e. The van der Waals surface area contributed by atoms with Crippen LogP contribution in [-0.4, -0.2) is 33.5 Å². The van der Waals surface area contributed by atoms with Gasteiger partial charge in [-0.1, -0.05) is 62.6 Å². The lowest BCUT2D eigenvalue weighted by molar-refractivity contribution is -0.146. The van der Waals surface area contributed by atoms with E-state index >= 15 is 0 Å². The second-order valence-electron chi connectivity index (χ2n) is 5.01. The number of aliphatic carboxylic acids is 1. The zero-order chi connectivity index (χ0) is 15.9. The highest BCUT2D eigenvalue weighted by Crippen LogP contribution is 2.04. The van der Waals surface area contributed by atoms with Crippen molar-refractivity contribution < 1.29 is 20.1 Å². The molecular formula is C17H28O4. The minimum atomic E-state index is -1.28. The number of hydrogen-bond donors (Lipinski definition) is 3. The van der Waals surface area contributed by atoms with Crippen LogP contribution in [0.5, 0.6) is 0 Å². The third-order valence-electron chi connectivity index (χ3n) is 3.01. The van der Waals surface area contributed by atoms with E-state index in [0.29, 0.717) is 6.42 Å². The molecule has 0 heterocycles. The first-order valence-electron chi connectivity index (χ1n) is 7.65. The molecule has 4 heteroatoms. The Morgan fingerprint density at radius 1 is 1.05 bits per heavy atom. The van der Waals surface area contributed by atoms with Gasteiger partial charge in [-0.2, -0.15) is 0 Å². The van der Waals surface area contributed by atoms with E-state index in [2.05, 4.69) is 6.92 Å². The summed E-state index contributed by atoms with van der Waals surface area (Å²) >= 11 is 0. The van der Waals surface area contributed by atoms with Gasteiger partial charge in [0, 0.05) is 0 Å². The molecule has 0 aromatic carbocycles. The van der Waals surface area contributed by atoms with Crippen LogP contribution in [0.2, 0.25) is 0 Å². The van der Waals surface area contributed by atoms with E-state index in [-0.39, 0.29) is 12.5 Å². The fourth-order valence-corrected chi connectivity index (χ4v) is 1.72. The van der Waals surface area contributed by atoms with Gasteiger partial charge in [0.05, 0.1) is 6.10 Å². The van der Waals surface area contributed by atoms with Gasteiger partial charge in [-0.05, 0) is 25.7 Å². The van der Waals surface area contributed by atoms with E-state index in [9.17, 15) is 9.90 Å². The minimum absolute atomic E-state index is 0.236. The first kappa shape index (κ1) is 19.6. The van der Waals surface area contributed by atoms with Crippen LogP contribution in [0.15, 0.2) is 36.5 Å². The summed E-state index contributed by atoms with van der Waals surface area (Å²) < 4.78 is 0. The summed E-state index contributed by atoms with van der Waals surface area (Å²) in [6, 6.07) is 0. The Morgan fingerprint density at radius 2 is 1.81 bits per heavy atom. The van der Waals surface area contributed by atoms with Crippen LogP contribution in [0, 0.1) is 0 Å². The lowest BCUT2D eigenvalue weighted by Gasteiger charge is -2.02. The molecule has 1 unspecified atom stereocenters. The largest absolute Gasteiger partial charge is 0.479 e. The van der Waals surface area contributed by atoms with Crippen LogP contribution in [0.3, 0.4) is 0 Å². The average molecular weight is 296 g/mol. The van der Waals surface area contributed by atoms with Crippen LogP contribution in [-0.2, 0) is 4.79 Å². The van der Waals surface area contributed by atoms with Crippen molar-refractivity contribution in [2.24, 2.45) is 0 Å². The van der Waals surface area contributed by atoms with Crippen LogP contribution < -0.4 is 0 Å². The molecule has 3 N–H and O–H groups in total. The quantitative estimate of drug-likeness (QED) is 0.293. The van der Waals surface area contributed by atoms with E-state index in [1.807, 2.05) is 30.4 Å². The number of carboxylic acids is 1. The molecule has 0 aliphatic heterocycles. The molecule has 0 radical (unpaired) electrons. The Bertz CT molecular complexity index is 345. The summed E-state index contributed by atoms with van der Waals surface area (Å²) in [4.78, 5) is 10.4. The van der Waals surface area contributed by atoms with Crippen molar-refractivity contribution in [1.29, 1.82) is 0 Å². The number of allylic oxidation sites excluding steroid dienone is 5. The number of aliphatic hydroxyl groups is 2. The lowest BCUT2D eigenvalue weighted by atomic mass is 10.1. The molecule has 0 saturated heterocycles. The highest BCUT2D eigenvalue weighted by molar-refractivity contribution is 5.71. The van der Waals surface area contributed by atoms with Crippen molar-refractivity contribution in [2.75, 3.05) is 0 Å². The summed E-state index contributed by atoms with van der Waals surface area (Å²) in [5.41, 5.74) is 0. The van der Waals surface area contributed by atoms with Crippen LogP contribution in [0.4, 0.5) is 0 Å². The van der Waals surface area contributed by atoms with Crippen molar-refractivity contribution in [3.63, 3.8) is 0 Å². The number of rotatable bonds is 12. The van der Waals surface area contributed by atoms with Gasteiger partial charge in [0.15, 0.2) is 6.10 Å². The Balaban J connectivity index is 3.65. The summed E-state index contributed by atoms with van der Waals surface area (Å²) in [7, 11) is 0. The molecule has 120 valence electrons. The molecule has 0 aromatic rings. The normalized spacial score (nSPS) is 15.2. The van der Waals surface area contributed by atoms with Gasteiger partial charge in [0.25, 0.3) is 0 Å². The first-order valence-corrected chi connectivity index (χ1v) is 7.65. The standard InChI is InChI=1S/C17H28O4/c1-2-3-9-12-15(18)13-10-7-5-4-6-8-11-14-16(19)17(20)21/h5-8,10,13,15-16,18-19H,2-4,9,11-12,14H2,1H3,(H,20,21)/t15-,16?/m0/s1. The van der Waals surface area contributed by atoms with Gasteiger partial charge >= 0.3 is 5.97 Å². The number of unbranched alkanes of at least 4 members (excludes halogenated alkanes) is 2. The van der Waals surface area contributed by atoms with E-state index in [4.69, 9.17) is 10.2 Å². The number of hydrogen-bond acceptors (Lipinski definition) is 3. The van der Waals surface area contributed by atoms with Crippen LogP contribution in [0.1, 0.15) is 51.9 Å². The third-order valence-corrected chi connectivity index (χ3v) is 3.01. The zero-order valence-electron chi connectivity index (χ0n) is 12.8. The molecule has 0 bridgehead atoms. The van der Waals surface area contributed by atoms with Gasteiger partial charge < -0.3 is 15.3 Å². The molecule has 0 fully saturated rings. The molecule has 4 nitrogen and oxygen atoms in total. The Labute approximate surface area is 127 Å². The Hall–Kier alpha value is -1.39. The molecule has 0 aliphatic carbocycles. The molecule has 0 spiro atoms. The molecule has 0 aromatic heterocycles. The van der Waals surface area contributed by atoms with Crippen molar-refractivity contribution in [2.45, 2.75) is 64.1 Å². The topological polar surface area (TPSA) is 77.8 Å². The highest BCUT2D eigenvalue weighted by Gasteiger charge is 2.10. The molecule has 0 saturated carbocycles. The third kappa shape index (κ3) is 13.4. The van der Waals surface area contributed by atoms with Gasteiger partial charge in [-0.3, -0.25) is 0 Å². The molecule has 0 amide bonds. The van der Waals surface area contributed by atoms with Crippen LogP contribution >= 0.6 is 0 Å². The summed E-state index contributed by atoms with van der Waals surface area (Å²) in [5.74, 6) is -1.18. The summed E-state index contributed by atoms with van der Waals surface area (Å²) in [6.07, 6.45) is 15.3. The van der Waals surface area contributed by atoms with E-state index in [1.165, 1.54) is 0 Å². The minimum Gasteiger partial charge on any atom is -0.479 e. The van der Waals surface area contributed by atoms with E-state index in [1.54, 1.807) is 6.08 Å². The lowest BCUT2D eigenvalue weighted by Crippen LogP contribution is -2.18. The Morgan fingerprint density at radius 3 is 2.48 bits per heavy atom. The fraction of sp³-hybridized carbons (Fsp3) is 0.588. The maximum absolute atomic E-state index is 10.4. The predicted molar refractivity (Wildman–Crippen MR) is 85.1 cm³/mol. The molecule has 2 atom stereocenters. The van der Waals surface area contributed by atoms with Crippen molar-refractivity contribution in [3.8, 4) is 0 Å². The van der Waals surface area contributed by atoms with Gasteiger partial charge in [-0.25, -0.2) is 4.79 Å². The Kier molecular flexibility index (Phi) is 12.7. The van der Waals surface area contributed by atoms with Crippen molar-refractivity contribution in [3.05, 3.63) is 36.5 Å². The maximum atomic E-state index is 10.4. The average Bonchev–Trinajstić information content (AvgIpc) is 2.45. The summed E-state index contributed by atoms with van der Waals surface area (Å²) in [5, 5.41) is 27.2.